The van der Waals surface area contributed by atoms with Crippen LogP contribution in [0.1, 0.15) is 18.4 Å². The highest BCUT2D eigenvalue weighted by molar-refractivity contribution is 7.98. The van der Waals surface area contributed by atoms with Crippen molar-refractivity contribution in [3.63, 3.8) is 0 Å². The number of amides is 1. The van der Waals surface area contributed by atoms with Crippen LogP contribution in [0.4, 0.5) is 4.79 Å². The number of aromatic amines is 1. The third-order valence-electron chi connectivity index (χ3n) is 4.43. The van der Waals surface area contributed by atoms with Crippen molar-refractivity contribution in [2.24, 2.45) is 0 Å². The number of piperidine rings is 1. The van der Waals surface area contributed by atoms with Gasteiger partial charge in [0.05, 0.1) is 6.20 Å². The van der Waals surface area contributed by atoms with Gasteiger partial charge in [-0.3, -0.25) is 0 Å². The van der Waals surface area contributed by atoms with Crippen LogP contribution in [-0.2, 0) is 5.75 Å². The van der Waals surface area contributed by atoms with Crippen LogP contribution in [0.15, 0.2) is 60.5 Å². The van der Waals surface area contributed by atoms with Gasteiger partial charge in [-0.1, -0.05) is 23.9 Å². The Balaban J connectivity index is 1.22. The van der Waals surface area contributed by atoms with Crippen LogP contribution in [0.2, 0.25) is 0 Å². The molecule has 3 heterocycles. The molecule has 0 bridgehead atoms. The minimum atomic E-state index is -0.321. The minimum Gasteiger partial charge on any atom is -0.410 e. The van der Waals surface area contributed by atoms with Crippen molar-refractivity contribution in [2.75, 3.05) is 13.1 Å². The van der Waals surface area contributed by atoms with E-state index >= 15 is 0 Å². The summed E-state index contributed by atoms with van der Waals surface area (Å²) in [5.41, 5.74) is 1.14. The van der Waals surface area contributed by atoms with Gasteiger partial charge in [0.2, 0.25) is 0 Å². The number of carbonyl (C=O) groups is 1. The lowest BCUT2D eigenvalue weighted by Gasteiger charge is -2.31. The SMILES string of the molecule is O=C(Oc1ccc(CSc2ncc[nH]2)cc1)N1CCC(On2ccnc2)CC1. The summed E-state index contributed by atoms with van der Waals surface area (Å²) in [6.45, 7) is 1.21. The molecule has 9 heteroatoms. The second kappa shape index (κ2) is 8.83. The molecule has 1 aliphatic heterocycles. The molecule has 0 spiro atoms. The Morgan fingerprint density at radius 2 is 2.04 bits per heavy atom. The summed E-state index contributed by atoms with van der Waals surface area (Å²) in [5, 5.41) is 0.885. The van der Waals surface area contributed by atoms with E-state index in [1.165, 1.54) is 0 Å². The van der Waals surface area contributed by atoms with Crippen LogP contribution in [-0.4, -0.2) is 49.9 Å². The first-order valence-electron chi connectivity index (χ1n) is 9.09. The van der Waals surface area contributed by atoms with Gasteiger partial charge in [-0.05, 0) is 17.7 Å². The van der Waals surface area contributed by atoms with Gasteiger partial charge in [0.25, 0.3) is 0 Å². The number of nitrogens with zero attached hydrogens (tertiary/aromatic N) is 4. The number of H-pyrrole nitrogens is 1. The normalized spacial score (nSPS) is 14.8. The van der Waals surface area contributed by atoms with E-state index in [2.05, 4.69) is 15.0 Å². The summed E-state index contributed by atoms with van der Waals surface area (Å²) in [7, 11) is 0. The number of ether oxygens (including phenoxy) is 1. The zero-order chi connectivity index (χ0) is 19.2. The van der Waals surface area contributed by atoms with E-state index in [1.807, 2.05) is 24.3 Å². The quantitative estimate of drug-likeness (QED) is 0.642. The predicted octanol–water partition coefficient (Wildman–Crippen LogP) is 2.99. The maximum Gasteiger partial charge on any atom is 0.415 e. The Morgan fingerprint density at radius 1 is 1.21 bits per heavy atom. The highest BCUT2D eigenvalue weighted by Crippen LogP contribution is 2.21. The van der Waals surface area contributed by atoms with Crippen molar-refractivity contribution in [2.45, 2.75) is 29.9 Å². The monoisotopic (exact) mass is 399 g/mol. The molecule has 1 aromatic carbocycles. The van der Waals surface area contributed by atoms with Gasteiger partial charge < -0.3 is 19.5 Å². The molecule has 1 N–H and O–H groups in total. The van der Waals surface area contributed by atoms with E-state index in [0.29, 0.717) is 18.8 Å². The molecule has 2 aromatic heterocycles. The summed E-state index contributed by atoms with van der Waals surface area (Å²) in [6.07, 6.45) is 9.87. The molecule has 28 heavy (non-hydrogen) atoms. The number of aromatic nitrogens is 4. The maximum atomic E-state index is 12.4. The molecule has 0 saturated carbocycles. The van der Waals surface area contributed by atoms with Crippen LogP contribution in [0.5, 0.6) is 5.75 Å². The van der Waals surface area contributed by atoms with Crippen molar-refractivity contribution in [1.29, 1.82) is 0 Å². The third-order valence-corrected chi connectivity index (χ3v) is 5.40. The van der Waals surface area contributed by atoms with E-state index in [0.717, 1.165) is 29.3 Å². The summed E-state index contributed by atoms with van der Waals surface area (Å²) in [5.74, 6) is 1.35. The molecule has 1 aliphatic rings. The fourth-order valence-electron chi connectivity index (χ4n) is 2.93. The van der Waals surface area contributed by atoms with Crippen LogP contribution in [0, 0.1) is 0 Å². The van der Waals surface area contributed by atoms with Crippen LogP contribution in [0.25, 0.3) is 0 Å². The second-order valence-corrected chi connectivity index (χ2v) is 7.37. The molecule has 3 aromatic rings. The molecule has 0 aliphatic carbocycles. The topological polar surface area (TPSA) is 85.3 Å². The first-order valence-corrected chi connectivity index (χ1v) is 10.1. The van der Waals surface area contributed by atoms with Crippen molar-refractivity contribution in [3.05, 3.63) is 60.9 Å². The number of carbonyl (C=O) groups excluding carboxylic acids is 1. The number of nitrogens with one attached hydrogen (secondary N) is 1. The molecule has 0 atom stereocenters. The number of thioether (sulfide) groups is 1. The lowest BCUT2D eigenvalue weighted by molar-refractivity contribution is -0.0000187. The molecular formula is C19H21N5O3S. The first-order chi connectivity index (χ1) is 13.8. The van der Waals surface area contributed by atoms with Crippen LogP contribution < -0.4 is 9.57 Å². The summed E-state index contributed by atoms with van der Waals surface area (Å²) in [6, 6.07) is 7.57. The fraction of sp³-hybridized carbons (Fsp3) is 0.316. The summed E-state index contributed by atoms with van der Waals surface area (Å²) in [4.78, 5) is 31.1. The van der Waals surface area contributed by atoms with Crippen LogP contribution in [0.3, 0.4) is 0 Å². The van der Waals surface area contributed by atoms with Gasteiger partial charge in [0.1, 0.15) is 18.2 Å². The van der Waals surface area contributed by atoms with Gasteiger partial charge in [-0.2, -0.15) is 4.73 Å². The zero-order valence-corrected chi connectivity index (χ0v) is 16.0. The molecule has 146 valence electrons. The summed E-state index contributed by atoms with van der Waals surface area (Å²) >= 11 is 1.62. The molecule has 1 amide bonds. The van der Waals surface area contributed by atoms with Gasteiger partial charge in [-0.25, -0.2) is 14.8 Å². The third kappa shape index (κ3) is 4.86. The van der Waals surface area contributed by atoms with Crippen molar-refractivity contribution >= 4 is 17.9 Å². The smallest absolute Gasteiger partial charge is 0.410 e. The number of benzene rings is 1. The zero-order valence-electron chi connectivity index (χ0n) is 15.2. The Morgan fingerprint density at radius 3 is 2.71 bits per heavy atom. The molecule has 8 nitrogen and oxygen atoms in total. The fourth-order valence-corrected chi connectivity index (χ4v) is 3.71. The van der Waals surface area contributed by atoms with Crippen molar-refractivity contribution < 1.29 is 14.4 Å². The van der Waals surface area contributed by atoms with Crippen LogP contribution >= 0.6 is 11.8 Å². The van der Waals surface area contributed by atoms with Gasteiger partial charge in [0, 0.05) is 50.3 Å². The van der Waals surface area contributed by atoms with E-state index in [1.54, 1.807) is 52.5 Å². The average Bonchev–Trinajstić information content (AvgIpc) is 3.42. The highest BCUT2D eigenvalue weighted by Gasteiger charge is 2.25. The Kier molecular flexibility index (Phi) is 5.81. The maximum absolute atomic E-state index is 12.4. The van der Waals surface area contributed by atoms with Crippen molar-refractivity contribution in [3.8, 4) is 5.75 Å². The Bertz CT molecular complexity index is 860. The predicted molar refractivity (Wildman–Crippen MR) is 104 cm³/mol. The number of likely N-dealkylation sites (tertiary alicyclic amines) is 1. The Labute approximate surface area is 166 Å². The number of imidazole rings is 2. The molecule has 4 rings (SSSR count). The molecular weight excluding hydrogens is 378 g/mol. The molecule has 0 radical (unpaired) electrons. The van der Waals surface area contributed by atoms with Crippen molar-refractivity contribution in [1.82, 2.24) is 24.6 Å². The van der Waals surface area contributed by atoms with Gasteiger partial charge >= 0.3 is 6.09 Å². The van der Waals surface area contributed by atoms with E-state index in [-0.39, 0.29) is 12.2 Å². The van der Waals surface area contributed by atoms with E-state index in [4.69, 9.17) is 9.57 Å². The van der Waals surface area contributed by atoms with Gasteiger partial charge in [0.15, 0.2) is 5.16 Å². The Hall–Kier alpha value is -2.94. The molecule has 1 saturated heterocycles. The highest BCUT2D eigenvalue weighted by atomic mass is 32.2. The standard InChI is InChI=1S/C19H21N5O3S/c25-19(23-10-5-17(6-11-23)27-24-12-9-20-14-24)26-16-3-1-15(2-4-16)13-28-18-21-7-8-22-18/h1-4,7-9,12,14,17H,5-6,10-11,13H2,(H,21,22). The average molecular weight is 399 g/mol. The van der Waals surface area contributed by atoms with E-state index in [9.17, 15) is 4.79 Å². The number of hydrogen-bond donors (Lipinski definition) is 1. The second-order valence-electron chi connectivity index (χ2n) is 6.41. The van der Waals surface area contributed by atoms with Gasteiger partial charge in [-0.15, -0.1) is 0 Å². The first kappa shape index (κ1) is 18.4. The molecule has 0 unspecified atom stereocenters. The lowest BCUT2D eigenvalue weighted by atomic mass is 10.1. The number of hydrogen-bond acceptors (Lipinski definition) is 6. The lowest BCUT2D eigenvalue weighted by Crippen LogP contribution is -2.44. The minimum absolute atomic E-state index is 0.0733. The van der Waals surface area contributed by atoms with E-state index < -0.39 is 0 Å². The largest absolute Gasteiger partial charge is 0.415 e. The number of rotatable bonds is 6. The summed E-state index contributed by atoms with van der Waals surface area (Å²) < 4.78 is 7.11. The molecule has 1 fully saturated rings.